The molecule has 1 aromatic carbocycles. The van der Waals surface area contributed by atoms with E-state index in [4.69, 9.17) is 28.7 Å². The molecule has 0 N–H and O–H groups in total. The van der Waals surface area contributed by atoms with E-state index < -0.39 is 34.8 Å². The van der Waals surface area contributed by atoms with Crippen molar-refractivity contribution in [1.29, 1.82) is 0 Å². The van der Waals surface area contributed by atoms with Crippen molar-refractivity contribution in [3.63, 3.8) is 0 Å². The predicted octanol–water partition coefficient (Wildman–Crippen LogP) is -4.70. The summed E-state index contributed by atoms with van der Waals surface area (Å²) in [5.41, 5.74) is -0.532. The molecule has 2 saturated carbocycles. The molecule has 0 radical (unpaired) electrons. The number of methoxy groups -OCH3 is 1. The zero-order valence-electron chi connectivity index (χ0n) is 23.9. The number of benzene rings is 1. The monoisotopic (exact) mass is 566 g/mol. The van der Waals surface area contributed by atoms with Crippen molar-refractivity contribution in [3.05, 3.63) is 29.8 Å². The molecule has 10 nitrogen and oxygen atoms in total. The topological polar surface area (TPSA) is 136 Å². The van der Waals surface area contributed by atoms with Gasteiger partial charge in [-0.1, -0.05) is 26.0 Å². The first-order chi connectivity index (χ1) is 17.6. The van der Waals surface area contributed by atoms with Gasteiger partial charge in [-0.25, -0.2) is 4.89 Å². The molecule has 1 aromatic rings. The first-order valence-electron chi connectivity index (χ1n) is 12.9. The third-order valence-corrected chi connectivity index (χ3v) is 8.25. The van der Waals surface area contributed by atoms with E-state index in [9.17, 15) is 19.8 Å². The summed E-state index contributed by atoms with van der Waals surface area (Å²) in [6.07, 6.45) is 2.71. The van der Waals surface area contributed by atoms with Crippen LogP contribution in [0.2, 0.25) is 0 Å². The number of fused-ring (bicyclic) bond motifs is 3. The van der Waals surface area contributed by atoms with Crippen LogP contribution in [0.15, 0.2) is 24.3 Å². The van der Waals surface area contributed by atoms with Crippen LogP contribution in [0.4, 0.5) is 0 Å². The number of aliphatic carboxylic acids is 2. The van der Waals surface area contributed by atoms with E-state index in [1.807, 2.05) is 31.2 Å². The zero-order valence-corrected chi connectivity index (χ0v) is 27.9. The largest absolute Gasteiger partial charge is 1.00 e. The summed E-state index contributed by atoms with van der Waals surface area (Å²) in [5, 5.41) is 22.3. The van der Waals surface area contributed by atoms with Crippen LogP contribution in [0.3, 0.4) is 0 Å². The average Bonchev–Trinajstić information content (AvgIpc) is 2.81. The summed E-state index contributed by atoms with van der Waals surface area (Å²) < 4.78 is 23.4. The Balaban J connectivity index is 0.00000267. The third-order valence-electron chi connectivity index (χ3n) is 8.25. The molecule has 2 bridgehead atoms. The fourth-order valence-electron chi connectivity index (χ4n) is 6.85. The molecule has 0 aromatic heterocycles. The fourth-order valence-corrected chi connectivity index (χ4v) is 6.85. The molecule has 12 heteroatoms. The first-order valence-corrected chi connectivity index (χ1v) is 12.9. The predicted molar refractivity (Wildman–Crippen MR) is 124 cm³/mol. The molecular weight excluding hydrogens is 530 g/mol. The Labute approximate surface area is 273 Å². The summed E-state index contributed by atoms with van der Waals surface area (Å²) in [4.78, 5) is 34.2. The summed E-state index contributed by atoms with van der Waals surface area (Å²) >= 11 is 0. The standard InChI is InChI=1S/C27H38O10.2Na/c1-5-33-16-34-21-8-6-7-19(12-21)27(32-4)26(36-37-27)18(3)14-25(13-17(2)11-20(26)15-25)35-10-9-22(23(28)29)24(30)31;;/h6-8,12,17-18,20,22H,5,9-11,13-16H2,1-4H3,(H,28,29)(H,30,31);;/q;2*+1/p-2. The number of carbonyl (C=O) groups is 2. The maximum Gasteiger partial charge on any atom is 1.00 e. The average molecular weight is 567 g/mol. The second-order valence-corrected chi connectivity index (χ2v) is 10.6. The maximum atomic E-state index is 11.2. The molecule has 2 aliphatic carbocycles. The minimum atomic E-state index is -1.71. The normalized spacial score (nSPS) is 33.0. The van der Waals surface area contributed by atoms with Gasteiger partial charge in [0.25, 0.3) is 5.79 Å². The molecule has 6 atom stereocenters. The van der Waals surface area contributed by atoms with Gasteiger partial charge < -0.3 is 38.7 Å². The zero-order chi connectivity index (χ0) is 26.8. The Morgan fingerprint density at radius 1 is 1.10 bits per heavy atom. The van der Waals surface area contributed by atoms with Gasteiger partial charge in [-0.05, 0) is 63.0 Å². The van der Waals surface area contributed by atoms with Crippen LogP contribution in [0.5, 0.6) is 5.75 Å². The van der Waals surface area contributed by atoms with Gasteiger partial charge in [-0.2, -0.15) is 4.89 Å². The number of hydrogen-bond donors (Lipinski definition) is 0. The van der Waals surface area contributed by atoms with Crippen LogP contribution in [0.25, 0.3) is 0 Å². The molecular formula is C27H36Na2O10. The molecule has 0 amide bonds. The third kappa shape index (κ3) is 6.57. The minimum Gasteiger partial charge on any atom is -0.549 e. The quantitative estimate of drug-likeness (QED) is 0.0799. The fraction of sp³-hybridized carbons (Fsp3) is 0.704. The van der Waals surface area contributed by atoms with E-state index >= 15 is 0 Å². The Hall–Kier alpha value is -0.240. The van der Waals surface area contributed by atoms with Crippen LogP contribution in [0, 0.1) is 23.7 Å². The number of carbonyl (C=O) groups excluding carboxylic acids is 2. The van der Waals surface area contributed by atoms with Gasteiger partial charge in [0.15, 0.2) is 12.4 Å². The number of hydrogen-bond acceptors (Lipinski definition) is 10. The van der Waals surface area contributed by atoms with E-state index in [0.29, 0.717) is 31.1 Å². The van der Waals surface area contributed by atoms with Crippen molar-refractivity contribution in [2.75, 3.05) is 27.1 Å². The molecule has 39 heavy (non-hydrogen) atoms. The van der Waals surface area contributed by atoms with Gasteiger partial charge in [0.2, 0.25) is 0 Å². The summed E-state index contributed by atoms with van der Waals surface area (Å²) in [7, 11) is 1.61. The van der Waals surface area contributed by atoms with Crippen molar-refractivity contribution >= 4 is 11.9 Å². The molecule has 1 heterocycles. The van der Waals surface area contributed by atoms with Gasteiger partial charge in [-0.15, -0.1) is 0 Å². The van der Waals surface area contributed by atoms with E-state index in [0.717, 1.165) is 18.4 Å². The van der Waals surface area contributed by atoms with Crippen LogP contribution in [-0.4, -0.2) is 50.3 Å². The molecule has 1 spiro atoms. The number of carboxylic acids is 2. The Kier molecular flexibility index (Phi) is 12.8. The molecule has 1 aliphatic heterocycles. The van der Waals surface area contributed by atoms with Crippen molar-refractivity contribution in [1.82, 2.24) is 0 Å². The van der Waals surface area contributed by atoms with Crippen molar-refractivity contribution < 1.29 is 108 Å². The molecule has 3 aliphatic rings. The number of rotatable bonds is 12. The Morgan fingerprint density at radius 2 is 1.82 bits per heavy atom. The molecule has 3 fully saturated rings. The number of carboxylic acid groups (broad SMARTS) is 2. The molecule has 206 valence electrons. The van der Waals surface area contributed by atoms with Crippen molar-refractivity contribution in [2.45, 2.75) is 69.9 Å². The van der Waals surface area contributed by atoms with Gasteiger partial charge in [0.1, 0.15) is 5.75 Å². The summed E-state index contributed by atoms with van der Waals surface area (Å²) in [6.45, 7) is 6.79. The van der Waals surface area contributed by atoms with E-state index in [1.165, 1.54) is 0 Å². The smallest absolute Gasteiger partial charge is 0.549 e. The summed E-state index contributed by atoms with van der Waals surface area (Å²) in [5.74, 6) is -5.31. The van der Waals surface area contributed by atoms with Gasteiger partial charge in [0, 0.05) is 37.7 Å². The van der Waals surface area contributed by atoms with E-state index in [-0.39, 0.29) is 90.8 Å². The summed E-state index contributed by atoms with van der Waals surface area (Å²) in [6, 6.07) is 7.53. The maximum absolute atomic E-state index is 11.2. The second kappa shape index (κ2) is 14.3. The van der Waals surface area contributed by atoms with Crippen LogP contribution in [-0.2, 0) is 39.4 Å². The van der Waals surface area contributed by atoms with Gasteiger partial charge in [-0.3, -0.25) is 0 Å². The Bertz CT molecular complexity index is 973. The second-order valence-electron chi connectivity index (χ2n) is 10.6. The van der Waals surface area contributed by atoms with Crippen LogP contribution in [0.1, 0.15) is 58.4 Å². The first kappa shape index (κ1) is 35.0. The van der Waals surface area contributed by atoms with Gasteiger partial charge in [0.05, 0.1) is 17.5 Å². The van der Waals surface area contributed by atoms with Gasteiger partial charge >= 0.3 is 59.1 Å². The molecule has 1 saturated heterocycles. The van der Waals surface area contributed by atoms with E-state index in [1.54, 1.807) is 7.11 Å². The Morgan fingerprint density at radius 3 is 2.41 bits per heavy atom. The van der Waals surface area contributed by atoms with Crippen molar-refractivity contribution in [3.8, 4) is 5.75 Å². The van der Waals surface area contributed by atoms with Crippen LogP contribution >= 0.6 is 0 Å². The minimum absolute atomic E-state index is 0. The van der Waals surface area contributed by atoms with E-state index in [2.05, 4.69) is 13.8 Å². The molecule has 6 unspecified atom stereocenters. The number of ether oxygens (including phenoxy) is 4. The SMILES string of the molecule is CCOCOc1cccc(C2(OC)OOC23C(C)CC2(OCCC(C(=O)[O-])C(=O)[O-])CC(C)CC3C2)c1.[Na+].[Na+]. The molecule has 4 rings (SSSR count). The van der Waals surface area contributed by atoms with Crippen molar-refractivity contribution in [2.24, 2.45) is 23.7 Å². The van der Waals surface area contributed by atoms with Crippen LogP contribution < -0.4 is 74.1 Å².